The molecule has 0 amide bonds. The fraction of sp³-hybridized carbons (Fsp3) is 0.0909. The Kier molecular flexibility index (Phi) is 3.93. The summed E-state index contributed by atoms with van der Waals surface area (Å²) >= 11 is 11.6. The van der Waals surface area contributed by atoms with Crippen molar-refractivity contribution < 1.29 is 8.42 Å². The van der Waals surface area contributed by atoms with Crippen LogP contribution in [0, 0.1) is 0 Å². The standard InChI is InChI=1S/C11H9Cl2N3O2S/c1-19(17,18)11-15-9(13)6-10(16-11)14-8-4-2-3-7(12)5-8/h2-6H,1H3,(H,14,15,16). The molecule has 5 nitrogen and oxygen atoms in total. The Hall–Kier alpha value is -1.37. The summed E-state index contributed by atoms with van der Waals surface area (Å²) in [5.41, 5.74) is 0.668. The van der Waals surface area contributed by atoms with Gasteiger partial charge in [-0.05, 0) is 18.2 Å². The molecule has 0 radical (unpaired) electrons. The molecule has 8 heteroatoms. The molecule has 0 atom stereocenters. The summed E-state index contributed by atoms with van der Waals surface area (Å²) in [6, 6.07) is 8.35. The highest BCUT2D eigenvalue weighted by Crippen LogP contribution is 2.21. The fourth-order valence-corrected chi connectivity index (χ4v) is 2.29. The van der Waals surface area contributed by atoms with E-state index in [4.69, 9.17) is 23.2 Å². The van der Waals surface area contributed by atoms with Crippen molar-refractivity contribution in [2.75, 3.05) is 11.6 Å². The zero-order valence-corrected chi connectivity index (χ0v) is 12.1. The number of hydrogen-bond donors (Lipinski definition) is 1. The molecule has 0 saturated heterocycles. The minimum atomic E-state index is -3.52. The van der Waals surface area contributed by atoms with Crippen molar-refractivity contribution in [2.45, 2.75) is 5.16 Å². The summed E-state index contributed by atoms with van der Waals surface area (Å²) in [6.45, 7) is 0. The molecular formula is C11H9Cl2N3O2S. The smallest absolute Gasteiger partial charge is 0.250 e. The van der Waals surface area contributed by atoms with Gasteiger partial charge in [0.05, 0.1) is 0 Å². The van der Waals surface area contributed by atoms with Gasteiger partial charge in [0, 0.05) is 23.0 Å². The highest BCUT2D eigenvalue weighted by molar-refractivity contribution is 7.90. The van der Waals surface area contributed by atoms with Gasteiger partial charge in [-0.25, -0.2) is 18.4 Å². The molecule has 2 aromatic rings. The summed E-state index contributed by atoms with van der Waals surface area (Å²) in [5, 5.41) is 3.18. The normalized spacial score (nSPS) is 11.3. The van der Waals surface area contributed by atoms with Crippen molar-refractivity contribution in [1.82, 2.24) is 9.97 Å². The maximum Gasteiger partial charge on any atom is 0.250 e. The van der Waals surface area contributed by atoms with Crippen molar-refractivity contribution in [3.05, 3.63) is 40.5 Å². The van der Waals surface area contributed by atoms with E-state index in [-0.39, 0.29) is 16.1 Å². The summed E-state index contributed by atoms with van der Waals surface area (Å²) in [5.74, 6) is 0.280. The summed E-state index contributed by atoms with van der Waals surface area (Å²) in [7, 11) is -3.52. The molecule has 0 unspecified atom stereocenters. The average molecular weight is 318 g/mol. The van der Waals surface area contributed by atoms with Gasteiger partial charge >= 0.3 is 0 Å². The number of hydrogen-bond acceptors (Lipinski definition) is 5. The molecule has 1 aromatic carbocycles. The Balaban J connectivity index is 2.38. The number of sulfone groups is 1. The van der Waals surface area contributed by atoms with Gasteiger partial charge in [0.2, 0.25) is 15.0 Å². The first kappa shape index (κ1) is 14.0. The predicted octanol–water partition coefficient (Wildman–Crippen LogP) is 2.93. The number of halogens is 2. The second-order valence-corrected chi connectivity index (χ2v) is 6.50. The molecule has 1 aromatic heterocycles. The van der Waals surface area contributed by atoms with E-state index >= 15 is 0 Å². The highest BCUT2D eigenvalue weighted by Gasteiger charge is 2.13. The van der Waals surface area contributed by atoms with Crippen LogP contribution in [0.1, 0.15) is 0 Å². The van der Waals surface area contributed by atoms with Crippen LogP contribution in [0.15, 0.2) is 35.5 Å². The first-order valence-electron chi connectivity index (χ1n) is 5.12. The lowest BCUT2D eigenvalue weighted by molar-refractivity contribution is 0.593. The lowest BCUT2D eigenvalue weighted by Gasteiger charge is -2.07. The van der Waals surface area contributed by atoms with Gasteiger partial charge in [0.15, 0.2) is 0 Å². The number of benzene rings is 1. The minimum absolute atomic E-state index is 0.0416. The molecule has 0 saturated carbocycles. The molecule has 19 heavy (non-hydrogen) atoms. The van der Waals surface area contributed by atoms with Crippen LogP contribution in [-0.4, -0.2) is 24.6 Å². The number of aromatic nitrogens is 2. The second-order valence-electron chi connectivity index (χ2n) is 3.77. The molecule has 0 spiro atoms. The van der Waals surface area contributed by atoms with Crippen LogP contribution in [0.3, 0.4) is 0 Å². The van der Waals surface area contributed by atoms with Crippen molar-refractivity contribution in [3.63, 3.8) is 0 Å². The van der Waals surface area contributed by atoms with Gasteiger partial charge in [-0.3, -0.25) is 0 Å². The summed E-state index contributed by atoms with van der Waals surface area (Å²) in [4.78, 5) is 7.56. The molecular weight excluding hydrogens is 309 g/mol. The van der Waals surface area contributed by atoms with E-state index in [0.29, 0.717) is 10.7 Å². The van der Waals surface area contributed by atoms with Crippen molar-refractivity contribution in [3.8, 4) is 0 Å². The SMILES string of the molecule is CS(=O)(=O)c1nc(Cl)cc(Nc2cccc(Cl)c2)n1. The second kappa shape index (κ2) is 5.32. The largest absolute Gasteiger partial charge is 0.340 e. The highest BCUT2D eigenvalue weighted by atomic mass is 35.5. The molecule has 0 aliphatic carbocycles. The Morgan fingerprint density at radius 1 is 1.16 bits per heavy atom. The van der Waals surface area contributed by atoms with Crippen LogP contribution in [-0.2, 0) is 9.84 Å². The van der Waals surface area contributed by atoms with Crippen molar-refractivity contribution >= 4 is 44.5 Å². The zero-order valence-electron chi connectivity index (χ0n) is 9.76. The maximum atomic E-state index is 11.4. The Morgan fingerprint density at radius 2 is 1.89 bits per heavy atom. The van der Waals surface area contributed by atoms with Gasteiger partial charge in [-0.15, -0.1) is 0 Å². The van der Waals surface area contributed by atoms with Crippen LogP contribution < -0.4 is 5.32 Å². The van der Waals surface area contributed by atoms with Crippen LogP contribution in [0.25, 0.3) is 0 Å². The molecule has 0 aliphatic heterocycles. The third-order valence-electron chi connectivity index (χ3n) is 2.10. The van der Waals surface area contributed by atoms with Gasteiger partial charge in [-0.1, -0.05) is 29.3 Å². The molecule has 0 fully saturated rings. The average Bonchev–Trinajstić information content (AvgIpc) is 2.26. The third-order valence-corrected chi connectivity index (χ3v) is 3.38. The number of anilines is 2. The van der Waals surface area contributed by atoms with E-state index in [1.807, 2.05) is 0 Å². The molecule has 0 aliphatic rings. The predicted molar refractivity (Wildman–Crippen MR) is 74.9 cm³/mol. The van der Waals surface area contributed by atoms with E-state index in [0.717, 1.165) is 6.26 Å². The number of nitrogens with zero attached hydrogens (tertiary/aromatic N) is 2. The van der Waals surface area contributed by atoms with E-state index in [1.165, 1.54) is 6.07 Å². The topological polar surface area (TPSA) is 72.0 Å². The number of rotatable bonds is 3. The monoisotopic (exact) mass is 317 g/mol. The molecule has 1 N–H and O–H groups in total. The lowest BCUT2D eigenvalue weighted by Crippen LogP contribution is -2.06. The van der Waals surface area contributed by atoms with E-state index in [1.54, 1.807) is 24.3 Å². The van der Waals surface area contributed by atoms with Crippen LogP contribution in [0.4, 0.5) is 11.5 Å². The first-order valence-corrected chi connectivity index (χ1v) is 7.76. The summed E-state index contributed by atoms with van der Waals surface area (Å²) in [6.07, 6.45) is 1.02. The zero-order chi connectivity index (χ0) is 14.0. The van der Waals surface area contributed by atoms with E-state index in [2.05, 4.69) is 15.3 Å². The molecule has 0 bridgehead atoms. The van der Waals surface area contributed by atoms with Crippen LogP contribution >= 0.6 is 23.2 Å². The Bertz CT molecular complexity index is 720. The maximum absolute atomic E-state index is 11.4. The quantitative estimate of drug-likeness (QED) is 0.696. The van der Waals surface area contributed by atoms with Crippen LogP contribution in [0.2, 0.25) is 10.2 Å². The van der Waals surface area contributed by atoms with Gasteiger partial charge in [0.25, 0.3) is 0 Å². The number of nitrogens with one attached hydrogen (secondary N) is 1. The molecule has 1 heterocycles. The van der Waals surface area contributed by atoms with Crippen LogP contribution in [0.5, 0.6) is 0 Å². The van der Waals surface area contributed by atoms with Gasteiger partial charge in [-0.2, -0.15) is 0 Å². The van der Waals surface area contributed by atoms with E-state index in [9.17, 15) is 8.42 Å². The van der Waals surface area contributed by atoms with Crippen molar-refractivity contribution in [2.24, 2.45) is 0 Å². The molecule has 2 rings (SSSR count). The lowest BCUT2D eigenvalue weighted by atomic mass is 10.3. The van der Waals surface area contributed by atoms with Gasteiger partial charge in [0.1, 0.15) is 11.0 Å². The summed E-state index contributed by atoms with van der Waals surface area (Å²) < 4.78 is 22.8. The third kappa shape index (κ3) is 3.79. The first-order chi connectivity index (χ1) is 8.84. The molecule has 100 valence electrons. The fourth-order valence-electron chi connectivity index (χ4n) is 1.34. The minimum Gasteiger partial charge on any atom is -0.340 e. The van der Waals surface area contributed by atoms with Crippen molar-refractivity contribution in [1.29, 1.82) is 0 Å². The Labute approximate surface area is 120 Å². The van der Waals surface area contributed by atoms with E-state index < -0.39 is 9.84 Å². The van der Waals surface area contributed by atoms with Gasteiger partial charge < -0.3 is 5.32 Å². The Morgan fingerprint density at radius 3 is 2.53 bits per heavy atom.